The first-order valence-corrected chi connectivity index (χ1v) is 6.44. The molecule has 0 heterocycles. The summed E-state index contributed by atoms with van der Waals surface area (Å²) in [5.74, 6) is -0.252. The maximum atomic E-state index is 11.0. The zero-order chi connectivity index (χ0) is 17.0. The van der Waals surface area contributed by atoms with E-state index in [1.54, 1.807) is 24.3 Å². The zero-order valence-corrected chi connectivity index (χ0v) is 12.0. The fourth-order valence-corrected chi connectivity index (χ4v) is 1.98. The zero-order valence-electron chi connectivity index (χ0n) is 12.0. The molecule has 0 saturated heterocycles. The third kappa shape index (κ3) is 4.03. The van der Waals surface area contributed by atoms with Crippen molar-refractivity contribution in [2.75, 3.05) is 5.32 Å². The van der Waals surface area contributed by atoms with Crippen molar-refractivity contribution >= 4 is 23.4 Å². The Morgan fingerprint density at radius 1 is 1.17 bits per heavy atom. The van der Waals surface area contributed by atoms with Crippen LogP contribution in [0.1, 0.15) is 6.92 Å². The van der Waals surface area contributed by atoms with Crippen LogP contribution in [0.15, 0.2) is 42.5 Å². The lowest BCUT2D eigenvalue weighted by atomic mass is 10.0. The second kappa shape index (κ2) is 6.56. The van der Waals surface area contributed by atoms with Crippen LogP contribution in [0, 0.1) is 10.1 Å². The molecule has 1 amide bonds. The molecule has 0 atom stereocenters. The van der Waals surface area contributed by atoms with Crippen molar-refractivity contribution in [3.05, 3.63) is 52.6 Å². The number of nitrogens with zero attached hydrogens (tertiary/aromatic N) is 1. The van der Waals surface area contributed by atoms with Crippen LogP contribution in [0.3, 0.4) is 0 Å². The molecule has 118 valence electrons. The van der Waals surface area contributed by atoms with Gasteiger partial charge in [-0.3, -0.25) is 14.9 Å². The Labute approximate surface area is 130 Å². The third-order valence-corrected chi connectivity index (χ3v) is 2.89. The minimum Gasteiger partial charge on any atom is -0.449 e. The van der Waals surface area contributed by atoms with E-state index in [0.29, 0.717) is 11.3 Å². The molecule has 0 bridgehead atoms. The molecular formula is C15H12N2O6. The van der Waals surface area contributed by atoms with E-state index in [2.05, 4.69) is 10.1 Å². The first-order valence-electron chi connectivity index (χ1n) is 6.44. The highest BCUT2D eigenvalue weighted by molar-refractivity contribution is 5.89. The van der Waals surface area contributed by atoms with E-state index in [4.69, 9.17) is 5.11 Å². The molecule has 0 spiro atoms. The Morgan fingerprint density at radius 3 is 2.35 bits per heavy atom. The Bertz CT molecular complexity index is 770. The average molecular weight is 316 g/mol. The van der Waals surface area contributed by atoms with E-state index in [-0.39, 0.29) is 22.9 Å². The van der Waals surface area contributed by atoms with Crippen molar-refractivity contribution in [1.82, 2.24) is 0 Å². The van der Waals surface area contributed by atoms with Gasteiger partial charge >= 0.3 is 6.16 Å². The first kappa shape index (κ1) is 16.0. The van der Waals surface area contributed by atoms with Crippen molar-refractivity contribution in [3.63, 3.8) is 0 Å². The second-order valence-corrected chi connectivity index (χ2v) is 4.56. The quantitative estimate of drug-likeness (QED) is 0.386. The number of carbonyl (C=O) groups excluding carboxylic acids is 1. The van der Waals surface area contributed by atoms with Gasteiger partial charge in [0, 0.05) is 30.3 Å². The third-order valence-electron chi connectivity index (χ3n) is 2.89. The molecule has 2 rings (SSSR count). The lowest BCUT2D eigenvalue weighted by Gasteiger charge is -2.09. The predicted octanol–water partition coefficient (Wildman–Crippen LogP) is 3.28. The summed E-state index contributed by atoms with van der Waals surface area (Å²) in [6, 6.07) is 10.0. The fourth-order valence-electron chi connectivity index (χ4n) is 1.98. The number of anilines is 1. The molecular weight excluding hydrogens is 304 g/mol. The number of non-ortho nitro benzene ring substituents is 1. The van der Waals surface area contributed by atoms with Crippen molar-refractivity contribution in [2.45, 2.75) is 6.92 Å². The van der Waals surface area contributed by atoms with E-state index < -0.39 is 11.1 Å². The van der Waals surface area contributed by atoms with Crippen LogP contribution in [0.4, 0.5) is 16.2 Å². The number of carbonyl (C=O) groups is 2. The van der Waals surface area contributed by atoms with Crippen molar-refractivity contribution in [2.24, 2.45) is 0 Å². The van der Waals surface area contributed by atoms with Crippen LogP contribution in [0.2, 0.25) is 0 Å². The van der Waals surface area contributed by atoms with Gasteiger partial charge in [0.25, 0.3) is 5.69 Å². The highest BCUT2D eigenvalue weighted by atomic mass is 16.7. The van der Waals surface area contributed by atoms with Gasteiger partial charge < -0.3 is 15.2 Å². The summed E-state index contributed by atoms with van der Waals surface area (Å²) in [4.78, 5) is 32.0. The molecule has 23 heavy (non-hydrogen) atoms. The highest BCUT2D eigenvalue weighted by Gasteiger charge is 2.15. The highest BCUT2D eigenvalue weighted by Crippen LogP contribution is 2.34. The summed E-state index contributed by atoms with van der Waals surface area (Å²) < 4.78 is 4.65. The molecule has 8 heteroatoms. The molecule has 2 N–H and O–H groups in total. The standard InChI is InChI=1S/C15H12N2O6/c1-9(18)16-11-4-2-10(3-5-11)13-8-12(17(21)22)6-7-14(13)23-15(19)20/h2-8H,1H3,(H,16,18)(H,19,20). The predicted molar refractivity (Wildman–Crippen MR) is 81.5 cm³/mol. The van der Waals surface area contributed by atoms with E-state index in [1.165, 1.54) is 19.1 Å². The van der Waals surface area contributed by atoms with Gasteiger partial charge in [-0.15, -0.1) is 0 Å². The normalized spacial score (nSPS) is 9.96. The van der Waals surface area contributed by atoms with Gasteiger partial charge in [-0.25, -0.2) is 4.79 Å². The molecule has 0 aromatic heterocycles. The smallest absolute Gasteiger partial charge is 0.449 e. The van der Waals surface area contributed by atoms with Crippen LogP contribution < -0.4 is 10.1 Å². The summed E-state index contributed by atoms with van der Waals surface area (Å²) >= 11 is 0. The van der Waals surface area contributed by atoms with Gasteiger partial charge in [-0.1, -0.05) is 12.1 Å². The number of hydrogen-bond acceptors (Lipinski definition) is 5. The number of nitro benzene ring substituents is 1. The minimum atomic E-state index is -1.52. The van der Waals surface area contributed by atoms with Gasteiger partial charge in [-0.05, 0) is 23.8 Å². The van der Waals surface area contributed by atoms with E-state index in [9.17, 15) is 19.7 Å². The number of benzene rings is 2. The molecule has 0 radical (unpaired) electrons. The Balaban J connectivity index is 2.46. The molecule has 0 aliphatic carbocycles. The van der Waals surface area contributed by atoms with Crippen molar-refractivity contribution in [1.29, 1.82) is 0 Å². The Morgan fingerprint density at radius 2 is 1.83 bits per heavy atom. The van der Waals surface area contributed by atoms with Crippen LogP contribution >= 0.6 is 0 Å². The molecule has 2 aromatic rings. The van der Waals surface area contributed by atoms with E-state index in [1.807, 2.05) is 0 Å². The lowest BCUT2D eigenvalue weighted by molar-refractivity contribution is -0.384. The number of ether oxygens (including phenoxy) is 1. The maximum absolute atomic E-state index is 11.0. The summed E-state index contributed by atoms with van der Waals surface area (Å²) in [6.07, 6.45) is -1.52. The molecule has 0 aliphatic rings. The number of amides is 1. The molecule has 0 fully saturated rings. The van der Waals surface area contributed by atoms with Crippen LogP contribution in [-0.4, -0.2) is 22.1 Å². The maximum Gasteiger partial charge on any atom is 0.511 e. The number of carboxylic acid groups (broad SMARTS) is 1. The first-order chi connectivity index (χ1) is 10.9. The topological polar surface area (TPSA) is 119 Å². The van der Waals surface area contributed by atoms with Crippen LogP contribution in [-0.2, 0) is 4.79 Å². The van der Waals surface area contributed by atoms with Crippen LogP contribution in [0.25, 0.3) is 11.1 Å². The molecule has 0 aliphatic heterocycles. The van der Waals surface area contributed by atoms with Gasteiger partial charge in [0.2, 0.25) is 5.91 Å². The molecule has 0 unspecified atom stereocenters. The Hall–Kier alpha value is -3.42. The molecule has 8 nitrogen and oxygen atoms in total. The van der Waals surface area contributed by atoms with E-state index >= 15 is 0 Å². The summed E-state index contributed by atoms with van der Waals surface area (Å²) in [6.45, 7) is 1.37. The minimum absolute atomic E-state index is 0.0182. The van der Waals surface area contributed by atoms with E-state index in [0.717, 1.165) is 6.07 Å². The number of hydrogen-bond donors (Lipinski definition) is 2. The molecule has 2 aromatic carbocycles. The van der Waals surface area contributed by atoms with Gasteiger partial charge in [0.1, 0.15) is 5.75 Å². The Kier molecular flexibility index (Phi) is 4.55. The average Bonchev–Trinajstić information content (AvgIpc) is 2.47. The van der Waals surface area contributed by atoms with Crippen molar-refractivity contribution in [3.8, 4) is 16.9 Å². The number of nitrogens with one attached hydrogen (secondary N) is 1. The summed E-state index contributed by atoms with van der Waals surface area (Å²) in [5.41, 5.74) is 1.13. The molecule has 0 saturated carbocycles. The van der Waals surface area contributed by atoms with Gasteiger partial charge in [-0.2, -0.15) is 0 Å². The monoisotopic (exact) mass is 316 g/mol. The second-order valence-electron chi connectivity index (χ2n) is 4.56. The largest absolute Gasteiger partial charge is 0.511 e. The summed E-state index contributed by atoms with van der Waals surface area (Å²) in [7, 11) is 0. The number of rotatable bonds is 4. The van der Waals surface area contributed by atoms with Crippen molar-refractivity contribution < 1.29 is 24.4 Å². The lowest BCUT2D eigenvalue weighted by Crippen LogP contribution is -2.06. The van der Waals surface area contributed by atoms with Gasteiger partial charge in [0.15, 0.2) is 0 Å². The SMILES string of the molecule is CC(=O)Nc1ccc(-c2cc([N+](=O)[O-])ccc2OC(=O)O)cc1. The van der Waals surface area contributed by atoms with Gasteiger partial charge in [0.05, 0.1) is 4.92 Å². The fraction of sp³-hybridized carbons (Fsp3) is 0.0667. The number of nitro groups is 1. The van der Waals surface area contributed by atoms with Crippen LogP contribution in [0.5, 0.6) is 5.75 Å². The summed E-state index contributed by atoms with van der Waals surface area (Å²) in [5, 5.41) is 22.2.